The molecule has 0 saturated carbocycles. The smallest absolute Gasteiger partial charge is 0.0747 e. The van der Waals surface area contributed by atoms with E-state index in [-0.39, 0.29) is 10.8 Å². The molecule has 0 bridgehead atoms. The van der Waals surface area contributed by atoms with Crippen molar-refractivity contribution in [1.82, 2.24) is 0 Å². The lowest BCUT2D eigenvalue weighted by Gasteiger charge is -2.49. The molecule has 2 aromatic rings. The molecule has 0 aromatic heterocycles. The van der Waals surface area contributed by atoms with Crippen molar-refractivity contribution in [3.05, 3.63) is 22.3 Å². The van der Waals surface area contributed by atoms with Crippen molar-refractivity contribution in [3.8, 4) is 11.8 Å². The molecule has 8 heteroatoms. The van der Waals surface area contributed by atoms with E-state index in [0.717, 1.165) is 42.4 Å². The number of benzene rings is 2. The van der Waals surface area contributed by atoms with Gasteiger partial charge in [0, 0.05) is 27.5 Å². The van der Waals surface area contributed by atoms with Gasteiger partial charge in [-0.15, -0.1) is 0 Å². The summed E-state index contributed by atoms with van der Waals surface area (Å²) >= 11 is 0. The first-order valence-electron chi connectivity index (χ1n) is 16.5. The zero-order valence-electron chi connectivity index (χ0n) is 29.3. The Bertz CT molecular complexity index is 1350. The molecule has 2 rings (SSSR count). The highest BCUT2D eigenvalue weighted by atomic mass is 14.8. The highest BCUT2D eigenvalue weighted by Crippen LogP contribution is 2.58. The van der Waals surface area contributed by atoms with Gasteiger partial charge >= 0.3 is 0 Å². The molecular weight excluding hydrogens is 544 g/mol. The van der Waals surface area contributed by atoms with Crippen LogP contribution in [0.1, 0.15) is 143 Å². The van der Waals surface area contributed by atoms with E-state index in [0.29, 0.717) is 76.7 Å². The molecule has 44 heavy (non-hydrogen) atoms. The van der Waals surface area contributed by atoms with Gasteiger partial charge in [0.1, 0.15) is 0 Å². The zero-order valence-corrected chi connectivity index (χ0v) is 29.3. The van der Waals surface area contributed by atoms with Crippen LogP contribution in [0.5, 0.6) is 0 Å². The van der Waals surface area contributed by atoms with Crippen molar-refractivity contribution in [3.63, 3.8) is 0 Å². The molecule has 0 radical (unpaired) electrons. The van der Waals surface area contributed by atoms with Crippen molar-refractivity contribution in [1.29, 1.82) is 0 Å². The summed E-state index contributed by atoms with van der Waals surface area (Å²) in [6.07, 6.45) is 6.25. The summed E-state index contributed by atoms with van der Waals surface area (Å²) in [6, 6.07) is 0. The summed E-state index contributed by atoms with van der Waals surface area (Å²) < 4.78 is 0. The Morgan fingerprint density at radius 3 is 0.977 bits per heavy atom. The van der Waals surface area contributed by atoms with Crippen molar-refractivity contribution >= 4 is 45.5 Å². The van der Waals surface area contributed by atoms with Gasteiger partial charge in [0.25, 0.3) is 0 Å². The second-order valence-corrected chi connectivity index (χ2v) is 13.2. The summed E-state index contributed by atoms with van der Waals surface area (Å²) in [5, 5.41) is 0. The average molecular weight is 607 g/mol. The number of hydrogen-bond donors (Lipinski definition) is 8. The van der Waals surface area contributed by atoms with E-state index in [1.54, 1.807) is 0 Å². The highest BCUT2D eigenvalue weighted by Gasteiger charge is 2.50. The van der Waals surface area contributed by atoms with E-state index in [1.165, 1.54) is 0 Å². The lowest BCUT2D eigenvalue weighted by Crippen LogP contribution is -2.45. The molecular formula is C36H62N8. The quantitative estimate of drug-likeness (QED) is 0.0898. The van der Waals surface area contributed by atoms with Gasteiger partial charge in [-0.2, -0.15) is 0 Å². The van der Waals surface area contributed by atoms with Gasteiger partial charge in [0.2, 0.25) is 0 Å². The van der Waals surface area contributed by atoms with Gasteiger partial charge in [-0.1, -0.05) is 81.1 Å². The summed E-state index contributed by atoms with van der Waals surface area (Å²) in [5.41, 5.74) is 59.3. The SMILES string of the molecule is CCC(C)(CC)c1c(N)c(N)c(C#CC(CC)(CC)C(CC)(CC)c2c(N)c(N)c(C(C)(CC)CC)c(N)c2N)c(N)c1N. The Kier molecular flexibility index (Phi) is 11.0. The molecule has 0 aliphatic carbocycles. The summed E-state index contributed by atoms with van der Waals surface area (Å²) in [7, 11) is 0. The normalized spacial score (nSPS) is 12.7. The third kappa shape index (κ3) is 5.22. The molecule has 0 heterocycles. The van der Waals surface area contributed by atoms with Crippen LogP contribution in [0.25, 0.3) is 0 Å². The monoisotopic (exact) mass is 607 g/mol. The van der Waals surface area contributed by atoms with E-state index >= 15 is 0 Å². The van der Waals surface area contributed by atoms with E-state index in [1.807, 2.05) is 0 Å². The van der Waals surface area contributed by atoms with Crippen LogP contribution in [0.2, 0.25) is 0 Å². The molecule has 0 unspecified atom stereocenters. The van der Waals surface area contributed by atoms with Gasteiger partial charge in [0.15, 0.2) is 0 Å². The van der Waals surface area contributed by atoms with Crippen molar-refractivity contribution in [2.24, 2.45) is 5.41 Å². The Balaban J connectivity index is 3.05. The van der Waals surface area contributed by atoms with Crippen LogP contribution in [-0.4, -0.2) is 0 Å². The van der Waals surface area contributed by atoms with Crippen LogP contribution < -0.4 is 45.9 Å². The maximum absolute atomic E-state index is 7.00. The molecule has 0 spiro atoms. The van der Waals surface area contributed by atoms with Crippen molar-refractivity contribution in [2.45, 2.75) is 137 Å². The fraction of sp³-hybridized carbons (Fsp3) is 0.611. The zero-order chi connectivity index (χ0) is 34.0. The molecule has 0 aliphatic rings. The average Bonchev–Trinajstić information content (AvgIpc) is 3.03. The van der Waals surface area contributed by atoms with E-state index in [2.05, 4.69) is 81.1 Å². The molecule has 0 amide bonds. The highest BCUT2D eigenvalue weighted by molar-refractivity contribution is 5.93. The number of rotatable bonds is 12. The third-order valence-corrected chi connectivity index (χ3v) is 11.9. The number of anilines is 8. The van der Waals surface area contributed by atoms with Crippen LogP contribution in [0, 0.1) is 17.3 Å². The molecule has 0 fully saturated rings. The minimum atomic E-state index is -0.583. The predicted octanol–water partition coefficient (Wildman–Crippen LogP) is 7.42. The lowest BCUT2D eigenvalue weighted by molar-refractivity contribution is 0.157. The molecule has 0 atom stereocenters. The molecule has 0 saturated heterocycles. The predicted molar refractivity (Wildman–Crippen MR) is 196 cm³/mol. The molecule has 2 aromatic carbocycles. The number of nitrogen functional groups attached to an aromatic ring is 8. The molecule has 16 N–H and O–H groups in total. The van der Waals surface area contributed by atoms with Gasteiger partial charge < -0.3 is 45.9 Å². The number of hydrogen-bond acceptors (Lipinski definition) is 8. The largest absolute Gasteiger partial charge is 0.397 e. The van der Waals surface area contributed by atoms with Crippen LogP contribution in [-0.2, 0) is 16.2 Å². The van der Waals surface area contributed by atoms with Gasteiger partial charge in [-0.3, -0.25) is 0 Å². The van der Waals surface area contributed by atoms with Crippen molar-refractivity contribution < 1.29 is 0 Å². The van der Waals surface area contributed by atoms with Crippen LogP contribution in [0.3, 0.4) is 0 Å². The first-order chi connectivity index (χ1) is 20.5. The summed E-state index contributed by atoms with van der Waals surface area (Å²) in [6.45, 7) is 21.4. The van der Waals surface area contributed by atoms with E-state index in [4.69, 9.17) is 45.9 Å². The van der Waals surface area contributed by atoms with E-state index in [9.17, 15) is 0 Å². The maximum Gasteiger partial charge on any atom is 0.0747 e. The maximum atomic E-state index is 7.00. The summed E-state index contributed by atoms with van der Waals surface area (Å²) in [5.74, 6) is 7.04. The Hall–Kier alpha value is -3.60. The first kappa shape index (κ1) is 36.6. The molecule has 0 aliphatic heterocycles. The third-order valence-electron chi connectivity index (χ3n) is 11.9. The minimum absolute atomic E-state index is 0.255. The van der Waals surface area contributed by atoms with Crippen LogP contribution in [0.4, 0.5) is 45.5 Å². The second-order valence-electron chi connectivity index (χ2n) is 13.2. The Morgan fingerprint density at radius 2 is 0.705 bits per heavy atom. The summed E-state index contributed by atoms with van der Waals surface area (Å²) in [4.78, 5) is 0. The Labute approximate surface area is 267 Å². The fourth-order valence-electron chi connectivity index (χ4n) is 7.74. The minimum Gasteiger partial charge on any atom is -0.397 e. The molecule has 8 nitrogen and oxygen atoms in total. The Morgan fingerprint density at radius 1 is 0.409 bits per heavy atom. The van der Waals surface area contributed by atoms with E-state index < -0.39 is 10.8 Å². The van der Waals surface area contributed by atoms with Gasteiger partial charge in [0.05, 0.1) is 51.1 Å². The topological polar surface area (TPSA) is 208 Å². The standard InChI is InChI=1S/C36H62N8/c1-11-33(9,12-2)22-27(39)25(37)21(26(38)28(22)40)19-20-35(15-5,16-6)36(17-7,18-8)24-31(43)29(41)23(30(42)32(24)44)34(10,13-3)14-4/h11-18,37-44H2,1-10H3. The van der Waals surface area contributed by atoms with Crippen LogP contribution in [0.15, 0.2) is 0 Å². The fourth-order valence-corrected chi connectivity index (χ4v) is 7.74. The van der Waals surface area contributed by atoms with Crippen LogP contribution >= 0.6 is 0 Å². The second kappa shape index (κ2) is 13.2. The van der Waals surface area contributed by atoms with Gasteiger partial charge in [-0.25, -0.2) is 0 Å². The molecule has 246 valence electrons. The van der Waals surface area contributed by atoms with Crippen molar-refractivity contribution in [2.75, 3.05) is 45.9 Å². The first-order valence-corrected chi connectivity index (χ1v) is 16.5. The van der Waals surface area contributed by atoms with Gasteiger partial charge in [-0.05, 0) is 62.2 Å². The number of nitrogens with two attached hydrogens (primary N) is 8. The lowest BCUT2D eigenvalue weighted by atomic mass is 9.54.